The van der Waals surface area contributed by atoms with Gasteiger partial charge in [-0.3, -0.25) is 9.78 Å². The minimum atomic E-state index is -0.648. The molecule has 2 aromatic carbocycles. The Bertz CT molecular complexity index is 1170. The van der Waals surface area contributed by atoms with Crippen molar-refractivity contribution in [1.29, 1.82) is 0 Å². The van der Waals surface area contributed by atoms with Gasteiger partial charge in [0.2, 0.25) is 5.88 Å². The highest BCUT2D eigenvalue weighted by Gasteiger charge is 2.29. The first-order valence-electron chi connectivity index (χ1n) is 9.36. The van der Waals surface area contributed by atoms with Crippen molar-refractivity contribution in [1.82, 2.24) is 14.9 Å². The van der Waals surface area contributed by atoms with Crippen molar-refractivity contribution in [3.05, 3.63) is 90.6 Å². The van der Waals surface area contributed by atoms with Gasteiger partial charge in [0, 0.05) is 6.54 Å². The fourth-order valence-electron chi connectivity index (χ4n) is 4.29. The van der Waals surface area contributed by atoms with Crippen LogP contribution in [0.2, 0.25) is 0 Å². The summed E-state index contributed by atoms with van der Waals surface area (Å²) >= 11 is 0. The molecule has 0 aliphatic carbocycles. The molecule has 0 fully saturated rings. The van der Waals surface area contributed by atoms with Crippen LogP contribution < -0.4 is 16.6 Å². The Hall–Kier alpha value is -3.12. The summed E-state index contributed by atoms with van der Waals surface area (Å²) in [5.74, 6) is -0.321. The van der Waals surface area contributed by atoms with Gasteiger partial charge in [0.15, 0.2) is 0 Å². The standard InChI is InChI=1S/C22H23N3O3/c1-12-10-13(2)19(14(3)11-12)25-21(27)17(20(26)24-22(25)28)18-16-7-5-4-6-15(16)8-9-23-18/h4-7,10-11,18,23,27H,8-9H2,1-3H3,(H,24,26,28)/t18-/m0/s1. The molecule has 4 rings (SSSR count). The first-order chi connectivity index (χ1) is 13.4. The first kappa shape index (κ1) is 18.3. The molecule has 1 atom stereocenters. The van der Waals surface area contributed by atoms with Crippen LogP contribution >= 0.6 is 0 Å². The third kappa shape index (κ3) is 2.86. The van der Waals surface area contributed by atoms with Gasteiger partial charge in [-0.25, -0.2) is 9.36 Å². The summed E-state index contributed by atoms with van der Waals surface area (Å²) in [6.07, 6.45) is 0.848. The Morgan fingerprint density at radius 1 is 1.07 bits per heavy atom. The quantitative estimate of drug-likeness (QED) is 0.640. The van der Waals surface area contributed by atoms with Gasteiger partial charge in [-0.15, -0.1) is 0 Å². The molecule has 0 bridgehead atoms. The number of nitrogens with zero attached hydrogens (tertiary/aromatic N) is 1. The number of aromatic amines is 1. The molecule has 0 radical (unpaired) electrons. The molecule has 144 valence electrons. The van der Waals surface area contributed by atoms with Crippen molar-refractivity contribution in [2.24, 2.45) is 0 Å². The van der Waals surface area contributed by atoms with Crippen LogP contribution in [0.1, 0.15) is 39.4 Å². The second-order valence-electron chi connectivity index (χ2n) is 7.42. The molecule has 0 unspecified atom stereocenters. The Labute approximate surface area is 162 Å². The van der Waals surface area contributed by atoms with Crippen molar-refractivity contribution in [3.8, 4) is 11.6 Å². The zero-order valence-electron chi connectivity index (χ0n) is 16.2. The van der Waals surface area contributed by atoms with Gasteiger partial charge in [0.25, 0.3) is 5.56 Å². The summed E-state index contributed by atoms with van der Waals surface area (Å²) in [5.41, 5.74) is 4.37. The van der Waals surface area contributed by atoms with E-state index < -0.39 is 17.3 Å². The number of rotatable bonds is 2. The zero-order valence-corrected chi connectivity index (χ0v) is 16.2. The maximum Gasteiger partial charge on any atom is 0.335 e. The Morgan fingerprint density at radius 2 is 1.75 bits per heavy atom. The summed E-state index contributed by atoms with van der Waals surface area (Å²) in [6.45, 7) is 6.44. The predicted molar refractivity (Wildman–Crippen MR) is 109 cm³/mol. The van der Waals surface area contributed by atoms with Crippen LogP contribution in [0.25, 0.3) is 5.69 Å². The van der Waals surface area contributed by atoms with Crippen LogP contribution in [-0.4, -0.2) is 21.2 Å². The Balaban J connectivity index is 2.00. The van der Waals surface area contributed by atoms with E-state index >= 15 is 0 Å². The van der Waals surface area contributed by atoms with Crippen molar-refractivity contribution in [2.45, 2.75) is 33.2 Å². The number of hydrogen-bond donors (Lipinski definition) is 3. The minimum Gasteiger partial charge on any atom is -0.494 e. The molecule has 0 amide bonds. The summed E-state index contributed by atoms with van der Waals surface area (Å²) in [4.78, 5) is 27.8. The lowest BCUT2D eigenvalue weighted by Gasteiger charge is -2.28. The number of hydrogen-bond acceptors (Lipinski definition) is 4. The molecular formula is C22H23N3O3. The smallest absolute Gasteiger partial charge is 0.335 e. The average Bonchev–Trinajstić information content (AvgIpc) is 2.63. The normalized spacial score (nSPS) is 16.0. The highest BCUT2D eigenvalue weighted by molar-refractivity contribution is 5.53. The van der Waals surface area contributed by atoms with Crippen LogP contribution in [0.15, 0.2) is 46.0 Å². The van der Waals surface area contributed by atoms with Crippen LogP contribution in [0, 0.1) is 20.8 Å². The Kier molecular flexibility index (Phi) is 4.43. The number of aromatic hydroxyl groups is 1. The van der Waals surface area contributed by atoms with E-state index in [1.807, 2.05) is 57.2 Å². The van der Waals surface area contributed by atoms with E-state index in [2.05, 4.69) is 10.3 Å². The van der Waals surface area contributed by atoms with Crippen LogP contribution in [0.5, 0.6) is 5.88 Å². The van der Waals surface area contributed by atoms with Gasteiger partial charge in [0.05, 0.1) is 17.3 Å². The SMILES string of the molecule is Cc1cc(C)c(-n2c(O)c([C@H]3NCCc4ccccc43)c(=O)[nH]c2=O)c(C)c1. The lowest BCUT2D eigenvalue weighted by molar-refractivity contribution is 0.410. The molecule has 2 heterocycles. The van der Waals surface area contributed by atoms with Crippen LogP contribution in [-0.2, 0) is 6.42 Å². The van der Waals surface area contributed by atoms with E-state index in [-0.39, 0.29) is 11.4 Å². The van der Waals surface area contributed by atoms with Gasteiger partial charge in [-0.1, -0.05) is 42.0 Å². The van der Waals surface area contributed by atoms with Gasteiger partial charge < -0.3 is 10.4 Å². The first-order valence-corrected chi connectivity index (χ1v) is 9.36. The largest absolute Gasteiger partial charge is 0.494 e. The van der Waals surface area contributed by atoms with Crippen molar-refractivity contribution < 1.29 is 5.11 Å². The number of aromatic nitrogens is 2. The van der Waals surface area contributed by atoms with Crippen molar-refractivity contribution in [3.63, 3.8) is 0 Å². The maximum atomic E-state index is 12.7. The fraction of sp³-hybridized carbons (Fsp3) is 0.273. The van der Waals surface area contributed by atoms with E-state index in [4.69, 9.17) is 0 Å². The van der Waals surface area contributed by atoms with Crippen molar-refractivity contribution >= 4 is 0 Å². The van der Waals surface area contributed by atoms with Gasteiger partial charge >= 0.3 is 5.69 Å². The summed E-state index contributed by atoms with van der Waals surface area (Å²) in [5, 5.41) is 14.4. The van der Waals surface area contributed by atoms with Gasteiger partial charge in [-0.2, -0.15) is 0 Å². The van der Waals surface area contributed by atoms with E-state index in [9.17, 15) is 14.7 Å². The molecule has 0 saturated carbocycles. The second kappa shape index (κ2) is 6.80. The highest BCUT2D eigenvalue weighted by Crippen LogP contribution is 2.32. The number of aryl methyl sites for hydroxylation is 3. The average molecular weight is 377 g/mol. The number of benzene rings is 2. The molecule has 1 aromatic heterocycles. The third-order valence-corrected chi connectivity index (χ3v) is 5.38. The third-order valence-electron chi connectivity index (χ3n) is 5.38. The molecule has 1 aliphatic rings. The van der Waals surface area contributed by atoms with Gasteiger partial charge in [-0.05, 0) is 49.4 Å². The van der Waals surface area contributed by atoms with E-state index in [1.165, 1.54) is 4.57 Å². The molecular weight excluding hydrogens is 354 g/mol. The molecule has 0 spiro atoms. The van der Waals surface area contributed by atoms with Crippen LogP contribution in [0.4, 0.5) is 0 Å². The summed E-state index contributed by atoms with van der Waals surface area (Å²) in [6, 6.07) is 11.3. The van der Waals surface area contributed by atoms with E-state index in [1.54, 1.807) is 0 Å². The minimum absolute atomic E-state index is 0.158. The van der Waals surface area contributed by atoms with E-state index in [0.717, 1.165) is 34.2 Å². The van der Waals surface area contributed by atoms with E-state index in [0.29, 0.717) is 12.2 Å². The molecule has 3 N–H and O–H groups in total. The lowest BCUT2D eigenvalue weighted by Crippen LogP contribution is -2.38. The molecule has 6 nitrogen and oxygen atoms in total. The summed E-state index contributed by atoms with van der Waals surface area (Å²) < 4.78 is 1.21. The lowest BCUT2D eigenvalue weighted by atomic mass is 9.90. The number of nitrogens with one attached hydrogen (secondary N) is 2. The summed E-state index contributed by atoms with van der Waals surface area (Å²) in [7, 11) is 0. The van der Waals surface area contributed by atoms with Crippen LogP contribution in [0.3, 0.4) is 0 Å². The van der Waals surface area contributed by atoms with Gasteiger partial charge in [0.1, 0.15) is 0 Å². The number of H-pyrrole nitrogens is 1. The highest BCUT2D eigenvalue weighted by atomic mass is 16.3. The second-order valence-corrected chi connectivity index (χ2v) is 7.42. The molecule has 0 saturated heterocycles. The molecule has 1 aliphatic heterocycles. The molecule has 6 heteroatoms. The topological polar surface area (TPSA) is 87.1 Å². The maximum absolute atomic E-state index is 12.7. The molecule has 28 heavy (non-hydrogen) atoms. The zero-order chi connectivity index (χ0) is 20.0. The van der Waals surface area contributed by atoms with Crippen molar-refractivity contribution in [2.75, 3.05) is 6.54 Å². The fourth-order valence-corrected chi connectivity index (χ4v) is 4.29. The number of fused-ring (bicyclic) bond motifs is 1. The molecule has 3 aromatic rings. The predicted octanol–water partition coefficient (Wildman–Crippen LogP) is 2.39. The Morgan fingerprint density at radius 3 is 2.46 bits per heavy atom. The monoisotopic (exact) mass is 377 g/mol.